The second kappa shape index (κ2) is 6.04. The molecule has 1 aromatic carbocycles. The molecule has 1 unspecified atom stereocenters. The van der Waals surface area contributed by atoms with Gasteiger partial charge in [-0.25, -0.2) is 0 Å². The standard InChI is InChI=1S/C15H16N2O/c1-3-8-16-11-12(2)18-14-7-6-13-5-4-9-17-15(13)10-14/h1,4-7,9-10,12,16H,8,11H2,2H3. The highest BCUT2D eigenvalue weighted by molar-refractivity contribution is 5.79. The number of nitrogens with one attached hydrogen (secondary N) is 1. The summed E-state index contributed by atoms with van der Waals surface area (Å²) in [5, 5.41) is 4.23. The van der Waals surface area contributed by atoms with Crippen molar-refractivity contribution in [2.75, 3.05) is 13.1 Å². The van der Waals surface area contributed by atoms with Crippen molar-refractivity contribution in [2.45, 2.75) is 13.0 Å². The SMILES string of the molecule is C#CCNCC(C)Oc1ccc2cccnc2c1. The number of rotatable bonds is 5. The molecule has 0 bridgehead atoms. The molecule has 0 saturated carbocycles. The van der Waals surface area contributed by atoms with E-state index in [1.165, 1.54) is 0 Å². The van der Waals surface area contributed by atoms with Crippen molar-refractivity contribution in [2.24, 2.45) is 0 Å². The first kappa shape index (κ1) is 12.4. The zero-order valence-electron chi connectivity index (χ0n) is 10.4. The van der Waals surface area contributed by atoms with Gasteiger partial charge in [-0.2, -0.15) is 0 Å². The molecular formula is C15H16N2O. The van der Waals surface area contributed by atoms with Gasteiger partial charge in [0, 0.05) is 24.2 Å². The number of pyridine rings is 1. The summed E-state index contributed by atoms with van der Waals surface area (Å²) in [6.45, 7) is 3.30. The Balaban J connectivity index is 2.01. The molecule has 1 atom stereocenters. The molecule has 0 saturated heterocycles. The lowest BCUT2D eigenvalue weighted by atomic mass is 10.2. The third kappa shape index (κ3) is 3.22. The number of benzene rings is 1. The average molecular weight is 240 g/mol. The van der Waals surface area contributed by atoms with Crippen LogP contribution >= 0.6 is 0 Å². The van der Waals surface area contributed by atoms with Crippen LogP contribution in [0.4, 0.5) is 0 Å². The number of nitrogens with zero attached hydrogens (tertiary/aromatic N) is 1. The minimum Gasteiger partial charge on any atom is -0.489 e. The molecule has 3 nitrogen and oxygen atoms in total. The maximum absolute atomic E-state index is 5.80. The minimum absolute atomic E-state index is 0.0690. The fourth-order valence-electron chi connectivity index (χ4n) is 1.74. The molecule has 2 aromatic rings. The lowest BCUT2D eigenvalue weighted by Gasteiger charge is -2.15. The van der Waals surface area contributed by atoms with E-state index in [2.05, 4.69) is 16.2 Å². The number of aromatic nitrogens is 1. The van der Waals surface area contributed by atoms with Crippen LogP contribution in [0.1, 0.15) is 6.92 Å². The van der Waals surface area contributed by atoms with Crippen LogP contribution in [-0.2, 0) is 0 Å². The van der Waals surface area contributed by atoms with E-state index >= 15 is 0 Å². The lowest BCUT2D eigenvalue weighted by molar-refractivity contribution is 0.219. The molecule has 0 aliphatic rings. The van der Waals surface area contributed by atoms with Gasteiger partial charge >= 0.3 is 0 Å². The van der Waals surface area contributed by atoms with E-state index in [4.69, 9.17) is 11.2 Å². The molecule has 0 spiro atoms. The van der Waals surface area contributed by atoms with Crippen molar-refractivity contribution in [1.29, 1.82) is 0 Å². The molecule has 0 radical (unpaired) electrons. The molecule has 92 valence electrons. The Hall–Kier alpha value is -2.05. The van der Waals surface area contributed by atoms with Gasteiger partial charge in [-0.1, -0.05) is 12.0 Å². The smallest absolute Gasteiger partial charge is 0.121 e. The van der Waals surface area contributed by atoms with E-state index < -0.39 is 0 Å². The molecule has 1 aromatic heterocycles. The first-order valence-electron chi connectivity index (χ1n) is 5.95. The number of ether oxygens (including phenoxy) is 1. The highest BCUT2D eigenvalue weighted by atomic mass is 16.5. The van der Waals surface area contributed by atoms with Crippen molar-refractivity contribution in [3.05, 3.63) is 36.5 Å². The van der Waals surface area contributed by atoms with E-state index in [9.17, 15) is 0 Å². The van der Waals surface area contributed by atoms with Crippen LogP contribution in [0.2, 0.25) is 0 Å². The Morgan fingerprint density at radius 2 is 2.33 bits per heavy atom. The van der Waals surface area contributed by atoms with Crippen LogP contribution in [0.25, 0.3) is 10.9 Å². The topological polar surface area (TPSA) is 34.1 Å². The second-order valence-electron chi connectivity index (χ2n) is 4.12. The molecule has 1 heterocycles. The number of terminal acetylenes is 1. The summed E-state index contributed by atoms with van der Waals surface area (Å²) in [4.78, 5) is 4.30. The summed E-state index contributed by atoms with van der Waals surface area (Å²) in [7, 11) is 0. The van der Waals surface area contributed by atoms with Gasteiger partial charge in [0.15, 0.2) is 0 Å². The Kier molecular flexibility index (Phi) is 4.16. The predicted octanol–water partition coefficient (Wildman–Crippen LogP) is 2.22. The molecule has 0 amide bonds. The number of hydrogen-bond donors (Lipinski definition) is 1. The Labute approximate surface area is 107 Å². The monoisotopic (exact) mass is 240 g/mol. The van der Waals surface area contributed by atoms with Crippen LogP contribution < -0.4 is 10.1 Å². The Bertz CT molecular complexity index is 560. The largest absolute Gasteiger partial charge is 0.489 e. The van der Waals surface area contributed by atoms with Crippen LogP contribution in [0, 0.1) is 12.3 Å². The van der Waals surface area contributed by atoms with Crippen LogP contribution in [-0.4, -0.2) is 24.2 Å². The van der Waals surface area contributed by atoms with Crippen molar-refractivity contribution < 1.29 is 4.74 Å². The molecule has 3 heteroatoms. The zero-order chi connectivity index (χ0) is 12.8. The zero-order valence-corrected chi connectivity index (χ0v) is 10.4. The van der Waals surface area contributed by atoms with E-state index in [0.29, 0.717) is 6.54 Å². The lowest BCUT2D eigenvalue weighted by Crippen LogP contribution is -2.29. The molecular weight excluding hydrogens is 224 g/mol. The van der Waals surface area contributed by atoms with E-state index in [0.717, 1.165) is 23.2 Å². The normalized spacial score (nSPS) is 12.0. The fraction of sp³-hybridized carbons (Fsp3) is 0.267. The number of fused-ring (bicyclic) bond motifs is 1. The van der Waals surface area contributed by atoms with Crippen LogP contribution in [0.3, 0.4) is 0 Å². The Morgan fingerprint density at radius 1 is 1.44 bits per heavy atom. The Morgan fingerprint density at radius 3 is 3.17 bits per heavy atom. The van der Waals surface area contributed by atoms with Crippen molar-refractivity contribution >= 4 is 10.9 Å². The summed E-state index contributed by atoms with van der Waals surface area (Å²) >= 11 is 0. The molecule has 18 heavy (non-hydrogen) atoms. The third-order valence-corrected chi connectivity index (χ3v) is 2.57. The molecule has 0 aliphatic carbocycles. The highest BCUT2D eigenvalue weighted by Crippen LogP contribution is 2.19. The van der Waals surface area contributed by atoms with Gasteiger partial charge in [0.05, 0.1) is 12.1 Å². The van der Waals surface area contributed by atoms with Crippen LogP contribution in [0.15, 0.2) is 36.5 Å². The van der Waals surface area contributed by atoms with E-state index in [1.807, 2.05) is 37.3 Å². The minimum atomic E-state index is 0.0690. The first-order valence-corrected chi connectivity index (χ1v) is 5.95. The summed E-state index contributed by atoms with van der Waals surface area (Å²) < 4.78 is 5.80. The predicted molar refractivity (Wildman–Crippen MR) is 73.5 cm³/mol. The summed E-state index contributed by atoms with van der Waals surface area (Å²) in [6, 6.07) is 9.88. The third-order valence-electron chi connectivity index (χ3n) is 2.57. The average Bonchev–Trinajstić information content (AvgIpc) is 2.39. The van der Waals surface area contributed by atoms with Gasteiger partial charge in [-0.3, -0.25) is 4.98 Å². The molecule has 2 rings (SSSR count). The van der Waals surface area contributed by atoms with Gasteiger partial charge in [-0.05, 0) is 25.1 Å². The highest BCUT2D eigenvalue weighted by Gasteiger charge is 2.04. The summed E-state index contributed by atoms with van der Waals surface area (Å²) in [6.07, 6.45) is 7.02. The maximum Gasteiger partial charge on any atom is 0.121 e. The maximum atomic E-state index is 5.80. The van der Waals surface area contributed by atoms with Gasteiger partial charge in [0.2, 0.25) is 0 Å². The molecule has 0 aliphatic heterocycles. The van der Waals surface area contributed by atoms with E-state index in [1.54, 1.807) is 6.20 Å². The summed E-state index contributed by atoms with van der Waals surface area (Å²) in [5.41, 5.74) is 0.943. The van der Waals surface area contributed by atoms with Crippen molar-refractivity contribution in [3.8, 4) is 18.1 Å². The van der Waals surface area contributed by atoms with Gasteiger partial charge in [0.1, 0.15) is 11.9 Å². The van der Waals surface area contributed by atoms with Gasteiger partial charge < -0.3 is 10.1 Å². The van der Waals surface area contributed by atoms with Gasteiger partial charge in [-0.15, -0.1) is 6.42 Å². The molecule has 1 N–H and O–H groups in total. The quantitative estimate of drug-likeness (QED) is 0.643. The second-order valence-corrected chi connectivity index (χ2v) is 4.12. The van der Waals surface area contributed by atoms with Crippen molar-refractivity contribution in [1.82, 2.24) is 10.3 Å². The van der Waals surface area contributed by atoms with E-state index in [-0.39, 0.29) is 6.10 Å². The first-order chi connectivity index (χ1) is 8.79. The van der Waals surface area contributed by atoms with Gasteiger partial charge in [0.25, 0.3) is 0 Å². The van der Waals surface area contributed by atoms with Crippen molar-refractivity contribution in [3.63, 3.8) is 0 Å². The number of hydrogen-bond acceptors (Lipinski definition) is 3. The fourth-order valence-corrected chi connectivity index (χ4v) is 1.74. The molecule has 0 fully saturated rings. The summed E-state index contributed by atoms with van der Waals surface area (Å²) in [5.74, 6) is 3.36. The van der Waals surface area contributed by atoms with Crippen LogP contribution in [0.5, 0.6) is 5.75 Å².